The maximum absolute atomic E-state index is 10.3. The third-order valence-electron chi connectivity index (χ3n) is 6.28. The van der Waals surface area contributed by atoms with Crippen molar-refractivity contribution >= 4 is 31.9 Å². The first-order chi connectivity index (χ1) is 18.2. The van der Waals surface area contributed by atoms with Crippen LogP contribution in [0.15, 0.2) is 29.5 Å². The minimum atomic E-state index is -4.30. The number of aliphatic imine (C=N–C) groups is 1. The second-order valence-corrected chi connectivity index (χ2v) is 12.5. The second-order valence-electron chi connectivity index (χ2n) is 9.38. The van der Waals surface area contributed by atoms with Crippen molar-refractivity contribution in [3.05, 3.63) is 41.2 Å². The summed E-state index contributed by atoms with van der Waals surface area (Å²) in [6.07, 6.45) is 5.71. The summed E-state index contributed by atoms with van der Waals surface area (Å²) in [6, 6.07) is 4.20. The Kier molecular flexibility index (Phi) is 9.88. The molecule has 3 N–H and O–H groups in total. The molecule has 1 saturated carbocycles. The van der Waals surface area contributed by atoms with Gasteiger partial charge < -0.3 is 19.5 Å². The Balaban J connectivity index is 0.000000360. The molecule has 1 aliphatic carbocycles. The molecule has 4 rings (SSSR count). The van der Waals surface area contributed by atoms with Gasteiger partial charge in [-0.05, 0) is 43.9 Å². The van der Waals surface area contributed by atoms with Gasteiger partial charge in [0.1, 0.15) is 0 Å². The molecule has 0 spiro atoms. The van der Waals surface area contributed by atoms with Crippen LogP contribution in [0.3, 0.4) is 0 Å². The number of aliphatic hydroxyl groups excluding tert-OH is 1. The first-order valence-corrected chi connectivity index (χ1v) is 15.4. The maximum Gasteiger partial charge on any atom is 0.265 e. The van der Waals surface area contributed by atoms with Gasteiger partial charge >= 0.3 is 0 Å². The first kappa shape index (κ1) is 30.7. The Bertz CT molecular complexity index is 1360. The summed E-state index contributed by atoms with van der Waals surface area (Å²) in [5.74, 6) is 0.280. The van der Waals surface area contributed by atoms with Crippen molar-refractivity contribution < 1.29 is 40.5 Å². The van der Waals surface area contributed by atoms with Crippen LogP contribution in [-0.4, -0.2) is 98.2 Å². The second kappa shape index (κ2) is 12.6. The average molecular weight is 587 g/mol. The molecule has 1 fully saturated rings. The maximum atomic E-state index is 10.3. The Morgan fingerprint density at radius 3 is 2.13 bits per heavy atom. The smallest absolute Gasteiger partial charge is 0.265 e. The molecule has 0 saturated heterocycles. The van der Waals surface area contributed by atoms with Crippen molar-refractivity contribution in [2.75, 3.05) is 44.2 Å². The molecule has 2 heterocycles. The summed E-state index contributed by atoms with van der Waals surface area (Å²) >= 11 is 0. The highest BCUT2D eigenvalue weighted by Crippen LogP contribution is 2.44. The molecular formula is C24H34N4O9S2. The van der Waals surface area contributed by atoms with Crippen molar-refractivity contribution in [1.82, 2.24) is 9.97 Å². The Hall–Kier alpha value is -2.85. The van der Waals surface area contributed by atoms with E-state index in [1.54, 1.807) is 7.11 Å². The number of fused-ring (bicyclic) bond motifs is 3. The van der Waals surface area contributed by atoms with E-state index in [4.69, 9.17) is 23.6 Å². The molecular weight excluding hydrogens is 552 g/mol. The fraction of sp³-hybridized carbons (Fsp3) is 0.542. The summed E-state index contributed by atoms with van der Waals surface area (Å²) in [6.45, 7) is 2.52. The van der Waals surface area contributed by atoms with Crippen molar-refractivity contribution in [2.24, 2.45) is 4.99 Å². The zero-order valence-electron chi connectivity index (χ0n) is 22.2. The van der Waals surface area contributed by atoms with Gasteiger partial charge in [-0.3, -0.25) is 14.1 Å². The highest BCUT2D eigenvalue weighted by Gasteiger charge is 2.37. The molecule has 13 nitrogen and oxygen atoms in total. The first-order valence-electron chi connectivity index (χ1n) is 12.2. The van der Waals surface area contributed by atoms with Crippen LogP contribution in [0.4, 0.5) is 5.95 Å². The van der Waals surface area contributed by atoms with Gasteiger partial charge in [-0.1, -0.05) is 0 Å². The summed E-state index contributed by atoms with van der Waals surface area (Å²) in [5.41, 5.74) is 3.92. The molecule has 0 amide bonds. The van der Waals surface area contributed by atoms with Crippen LogP contribution >= 0.6 is 0 Å². The van der Waals surface area contributed by atoms with Gasteiger partial charge in [0, 0.05) is 43.5 Å². The highest BCUT2D eigenvalue weighted by molar-refractivity contribution is 7.89. The van der Waals surface area contributed by atoms with Crippen LogP contribution in [0.25, 0.3) is 0 Å². The van der Waals surface area contributed by atoms with E-state index in [0.29, 0.717) is 24.7 Å². The van der Waals surface area contributed by atoms with E-state index >= 15 is 0 Å². The molecule has 0 unspecified atom stereocenters. The van der Waals surface area contributed by atoms with E-state index in [1.165, 1.54) is 0 Å². The largest absolute Gasteiger partial charge is 0.493 e. The van der Waals surface area contributed by atoms with Crippen molar-refractivity contribution in [3.63, 3.8) is 0 Å². The van der Waals surface area contributed by atoms with E-state index in [9.17, 15) is 21.9 Å². The number of benzene rings is 1. The Morgan fingerprint density at radius 1 is 1.00 bits per heavy atom. The number of ether oxygens (including phenoxy) is 2. The third-order valence-corrected chi connectivity index (χ3v) is 7.98. The SMILES string of the molecule is CCOc1cc2c(cc1OC)C(c1cnc(N(C)C)nc1)=N[C@@H]1CC[C@@H](O)C[C@H]21.O=S(=O)(O)CCS(=O)(=O)O. The van der Waals surface area contributed by atoms with Crippen molar-refractivity contribution in [2.45, 2.75) is 44.2 Å². The summed E-state index contributed by atoms with van der Waals surface area (Å²) in [4.78, 5) is 15.9. The fourth-order valence-electron chi connectivity index (χ4n) is 4.49. The fourth-order valence-corrected chi connectivity index (χ4v) is 6.17. The number of rotatable bonds is 8. The van der Waals surface area contributed by atoms with Crippen LogP contribution in [0, 0.1) is 0 Å². The monoisotopic (exact) mass is 586 g/mol. The van der Waals surface area contributed by atoms with Crippen LogP contribution in [0.1, 0.15) is 48.8 Å². The Morgan fingerprint density at radius 2 is 1.62 bits per heavy atom. The van der Waals surface area contributed by atoms with E-state index < -0.39 is 31.7 Å². The number of anilines is 1. The lowest BCUT2D eigenvalue weighted by atomic mass is 9.74. The van der Waals surface area contributed by atoms with E-state index in [0.717, 1.165) is 41.0 Å². The molecule has 0 radical (unpaired) electrons. The molecule has 2 aliphatic rings. The predicted octanol–water partition coefficient (Wildman–Crippen LogP) is 1.56. The zero-order valence-corrected chi connectivity index (χ0v) is 23.8. The topological polar surface area (TPSA) is 189 Å². The van der Waals surface area contributed by atoms with Crippen molar-refractivity contribution in [3.8, 4) is 11.5 Å². The van der Waals surface area contributed by atoms with Gasteiger partial charge in [0.25, 0.3) is 20.2 Å². The number of hydrogen-bond donors (Lipinski definition) is 3. The summed E-state index contributed by atoms with van der Waals surface area (Å²) < 4.78 is 66.8. The van der Waals surface area contributed by atoms with E-state index in [2.05, 4.69) is 16.0 Å². The van der Waals surface area contributed by atoms with Gasteiger partial charge in [0.05, 0.1) is 43.1 Å². The normalized spacial score (nSPS) is 20.5. The number of methoxy groups -OCH3 is 1. The lowest BCUT2D eigenvalue weighted by Crippen LogP contribution is -2.34. The highest BCUT2D eigenvalue weighted by atomic mass is 32.2. The summed E-state index contributed by atoms with van der Waals surface area (Å²) in [7, 11) is -3.11. The number of nitrogens with zero attached hydrogens (tertiary/aromatic N) is 4. The third kappa shape index (κ3) is 8.32. The molecule has 0 bridgehead atoms. The molecule has 39 heavy (non-hydrogen) atoms. The minimum absolute atomic E-state index is 0.136. The lowest BCUT2D eigenvalue weighted by Gasteiger charge is -2.37. The van der Waals surface area contributed by atoms with Crippen molar-refractivity contribution in [1.29, 1.82) is 0 Å². The molecule has 2 aromatic rings. The molecule has 1 aromatic carbocycles. The molecule has 3 atom stereocenters. The lowest BCUT2D eigenvalue weighted by molar-refractivity contribution is 0.111. The predicted molar refractivity (Wildman–Crippen MR) is 145 cm³/mol. The minimum Gasteiger partial charge on any atom is -0.493 e. The Labute approximate surface area is 228 Å². The van der Waals surface area contributed by atoms with Gasteiger partial charge in [-0.15, -0.1) is 0 Å². The number of aromatic nitrogens is 2. The standard InChI is InChI=1S/C22H28N4O3.C2H6O6S2/c1-5-29-20-9-15-16-8-14(27)6-7-18(16)25-21(17(15)10-19(20)28-4)13-11-23-22(24-12-13)26(2)3;3-9(4,5)1-2-10(6,7)8/h9-12,14,16,18,27H,5-8H2,1-4H3;1-2H2,(H,3,4,5)(H,6,7,8)/t14-,16-,18-;/m1./s1. The molecule has 1 aliphatic heterocycles. The van der Waals surface area contributed by atoms with E-state index in [1.807, 2.05) is 44.4 Å². The quantitative estimate of drug-likeness (QED) is 0.379. The van der Waals surface area contributed by atoms with Crippen LogP contribution in [-0.2, 0) is 20.2 Å². The van der Waals surface area contributed by atoms with Crippen LogP contribution in [0.5, 0.6) is 11.5 Å². The zero-order chi connectivity index (χ0) is 29.0. The molecule has 216 valence electrons. The van der Waals surface area contributed by atoms with Gasteiger partial charge in [-0.25, -0.2) is 9.97 Å². The molecule has 1 aromatic heterocycles. The number of hydrogen-bond acceptors (Lipinski definition) is 11. The van der Waals surface area contributed by atoms with Crippen LogP contribution < -0.4 is 14.4 Å². The van der Waals surface area contributed by atoms with Gasteiger partial charge in [-0.2, -0.15) is 16.8 Å². The van der Waals surface area contributed by atoms with E-state index in [-0.39, 0.29) is 18.1 Å². The summed E-state index contributed by atoms with van der Waals surface area (Å²) in [5, 5.41) is 10.3. The average Bonchev–Trinajstić information content (AvgIpc) is 2.87. The van der Waals surface area contributed by atoms with Gasteiger partial charge in [0.2, 0.25) is 5.95 Å². The van der Waals surface area contributed by atoms with Gasteiger partial charge in [0.15, 0.2) is 11.5 Å². The molecule has 15 heteroatoms. The van der Waals surface area contributed by atoms with Crippen LogP contribution in [0.2, 0.25) is 0 Å². The number of aliphatic hydroxyl groups is 1.